The van der Waals surface area contributed by atoms with Crippen molar-refractivity contribution in [2.24, 2.45) is 4.99 Å². The number of aromatic nitrogens is 2. The molecule has 1 aliphatic heterocycles. The van der Waals surface area contributed by atoms with Crippen molar-refractivity contribution in [1.82, 2.24) is 15.3 Å². The SMILES string of the molecule is C#C/C(C#N)=C\NC1=NC=C(Cc2ccc(NCc3cccnc3OC)nc2)C1. The zero-order valence-electron chi connectivity index (χ0n) is 16.0. The molecule has 0 aliphatic carbocycles. The minimum absolute atomic E-state index is 0.234. The van der Waals surface area contributed by atoms with Crippen LogP contribution in [0.3, 0.4) is 0 Å². The van der Waals surface area contributed by atoms with Crippen molar-refractivity contribution >= 4 is 11.7 Å². The molecule has 7 nitrogen and oxygen atoms in total. The number of ether oxygens (including phenoxy) is 1. The average molecular weight is 384 g/mol. The highest BCUT2D eigenvalue weighted by atomic mass is 16.5. The molecule has 0 aromatic carbocycles. The van der Waals surface area contributed by atoms with Crippen LogP contribution in [0.1, 0.15) is 17.5 Å². The van der Waals surface area contributed by atoms with Crippen molar-refractivity contribution in [3.05, 3.63) is 71.3 Å². The van der Waals surface area contributed by atoms with E-state index >= 15 is 0 Å². The molecule has 0 fully saturated rings. The molecule has 0 radical (unpaired) electrons. The molecule has 7 heteroatoms. The fraction of sp³-hybridized carbons (Fsp3) is 0.182. The van der Waals surface area contributed by atoms with E-state index < -0.39 is 0 Å². The second-order valence-electron chi connectivity index (χ2n) is 6.25. The Morgan fingerprint density at radius 1 is 1.34 bits per heavy atom. The van der Waals surface area contributed by atoms with Crippen LogP contribution in [0.5, 0.6) is 5.88 Å². The first kappa shape index (κ1) is 19.7. The zero-order valence-corrected chi connectivity index (χ0v) is 16.0. The molecule has 0 spiro atoms. The normalized spacial score (nSPS) is 13.0. The molecule has 0 unspecified atom stereocenters. The lowest BCUT2D eigenvalue weighted by Crippen LogP contribution is -2.16. The molecule has 0 atom stereocenters. The number of hydrogen-bond acceptors (Lipinski definition) is 7. The third-order valence-electron chi connectivity index (χ3n) is 4.22. The molecule has 0 amide bonds. The van der Waals surface area contributed by atoms with Crippen LogP contribution in [0.25, 0.3) is 0 Å². The van der Waals surface area contributed by atoms with Crippen molar-refractivity contribution in [2.45, 2.75) is 19.4 Å². The van der Waals surface area contributed by atoms with Gasteiger partial charge < -0.3 is 15.4 Å². The van der Waals surface area contributed by atoms with E-state index in [0.717, 1.165) is 34.8 Å². The van der Waals surface area contributed by atoms with Gasteiger partial charge in [-0.2, -0.15) is 5.26 Å². The molecule has 0 bridgehead atoms. The highest BCUT2D eigenvalue weighted by Gasteiger charge is 2.11. The highest BCUT2D eigenvalue weighted by Crippen LogP contribution is 2.18. The van der Waals surface area contributed by atoms with Crippen molar-refractivity contribution in [2.75, 3.05) is 12.4 Å². The van der Waals surface area contributed by atoms with Gasteiger partial charge in [-0.1, -0.05) is 18.1 Å². The van der Waals surface area contributed by atoms with Gasteiger partial charge in [-0.15, -0.1) is 6.42 Å². The second kappa shape index (κ2) is 9.72. The maximum absolute atomic E-state index is 8.82. The summed E-state index contributed by atoms with van der Waals surface area (Å²) in [6, 6.07) is 9.74. The maximum Gasteiger partial charge on any atom is 0.218 e. The first-order valence-corrected chi connectivity index (χ1v) is 8.96. The molecule has 0 saturated heterocycles. The molecule has 2 N–H and O–H groups in total. The number of amidine groups is 1. The number of rotatable bonds is 7. The number of pyridine rings is 2. The summed E-state index contributed by atoms with van der Waals surface area (Å²) in [5, 5.41) is 15.1. The molecular weight excluding hydrogens is 364 g/mol. The van der Waals surface area contributed by atoms with E-state index in [0.29, 0.717) is 18.8 Å². The van der Waals surface area contributed by atoms with Crippen LogP contribution >= 0.6 is 0 Å². The third-order valence-corrected chi connectivity index (χ3v) is 4.22. The van der Waals surface area contributed by atoms with Crippen LogP contribution in [0.4, 0.5) is 5.82 Å². The second-order valence-corrected chi connectivity index (χ2v) is 6.25. The molecule has 3 heterocycles. The summed E-state index contributed by atoms with van der Waals surface area (Å²) in [5.74, 6) is 4.45. The lowest BCUT2D eigenvalue weighted by atomic mass is 10.1. The number of nitrogens with zero attached hydrogens (tertiary/aromatic N) is 4. The molecule has 0 saturated carbocycles. The van der Waals surface area contributed by atoms with Crippen LogP contribution in [-0.2, 0) is 13.0 Å². The Morgan fingerprint density at radius 3 is 2.97 bits per heavy atom. The molecular formula is C22H20N6O. The Bertz CT molecular complexity index is 1020. The summed E-state index contributed by atoms with van der Waals surface area (Å²) >= 11 is 0. The number of anilines is 1. The van der Waals surface area contributed by atoms with E-state index in [1.807, 2.05) is 42.7 Å². The number of nitriles is 1. The quantitative estimate of drug-likeness (QED) is 0.563. The largest absolute Gasteiger partial charge is 0.481 e. The topological polar surface area (TPSA) is 95.2 Å². The third kappa shape index (κ3) is 5.44. The predicted molar refractivity (Wildman–Crippen MR) is 112 cm³/mol. The Kier molecular flexibility index (Phi) is 6.59. The highest BCUT2D eigenvalue weighted by molar-refractivity contribution is 5.88. The number of aliphatic imine (C=N–C) groups is 1. The average Bonchev–Trinajstić information content (AvgIpc) is 3.21. The van der Waals surface area contributed by atoms with Gasteiger partial charge in [0.2, 0.25) is 5.88 Å². The number of methoxy groups -OCH3 is 1. The number of hydrogen-bond donors (Lipinski definition) is 2. The summed E-state index contributed by atoms with van der Waals surface area (Å²) in [5.41, 5.74) is 3.45. The minimum Gasteiger partial charge on any atom is -0.481 e. The van der Waals surface area contributed by atoms with Crippen LogP contribution in [0.2, 0.25) is 0 Å². The van der Waals surface area contributed by atoms with Gasteiger partial charge in [-0.3, -0.25) is 0 Å². The Labute approximate surface area is 169 Å². The molecule has 144 valence electrons. The van der Waals surface area contributed by atoms with Gasteiger partial charge >= 0.3 is 0 Å². The summed E-state index contributed by atoms with van der Waals surface area (Å²) in [6.45, 7) is 0.577. The molecule has 29 heavy (non-hydrogen) atoms. The van der Waals surface area contributed by atoms with E-state index in [2.05, 4.69) is 31.5 Å². The Balaban J connectivity index is 1.50. The van der Waals surface area contributed by atoms with Gasteiger partial charge in [0.25, 0.3) is 0 Å². The lowest BCUT2D eigenvalue weighted by Gasteiger charge is -2.09. The van der Waals surface area contributed by atoms with Crippen molar-refractivity contribution < 1.29 is 4.74 Å². The summed E-state index contributed by atoms with van der Waals surface area (Å²) in [4.78, 5) is 13.0. The molecule has 2 aromatic heterocycles. The van der Waals surface area contributed by atoms with Crippen molar-refractivity contribution in [3.8, 4) is 24.3 Å². The Morgan fingerprint density at radius 2 is 2.24 bits per heavy atom. The van der Waals surface area contributed by atoms with Crippen LogP contribution in [0, 0.1) is 23.7 Å². The number of nitrogens with one attached hydrogen (secondary N) is 2. The lowest BCUT2D eigenvalue weighted by molar-refractivity contribution is 0.393. The van der Waals surface area contributed by atoms with Gasteiger partial charge in [0.05, 0.1) is 7.11 Å². The molecule has 1 aliphatic rings. The van der Waals surface area contributed by atoms with Crippen molar-refractivity contribution in [3.63, 3.8) is 0 Å². The van der Waals surface area contributed by atoms with Gasteiger partial charge in [0, 0.05) is 43.3 Å². The van der Waals surface area contributed by atoms with Gasteiger partial charge in [-0.25, -0.2) is 15.0 Å². The van der Waals surface area contributed by atoms with Gasteiger partial charge in [-0.05, 0) is 29.7 Å². The zero-order chi connectivity index (χ0) is 20.5. The van der Waals surface area contributed by atoms with E-state index in [1.165, 1.54) is 6.20 Å². The van der Waals surface area contributed by atoms with Crippen molar-refractivity contribution in [1.29, 1.82) is 5.26 Å². The number of allylic oxidation sites excluding steroid dienone is 1. The van der Waals surface area contributed by atoms with Gasteiger partial charge in [0.15, 0.2) is 0 Å². The van der Waals surface area contributed by atoms with E-state index in [9.17, 15) is 0 Å². The fourth-order valence-corrected chi connectivity index (χ4v) is 2.76. The van der Waals surface area contributed by atoms with Gasteiger partial charge in [0.1, 0.15) is 23.3 Å². The first-order valence-electron chi connectivity index (χ1n) is 8.96. The standard InChI is InChI=1S/C22H20N6O/c1-3-16(11-23)12-26-21-10-18(14-27-21)9-17-6-7-20(25-13-17)28-15-19-5-4-8-24-22(19)29-2/h1,4-8,12-14H,9-10,15H2,2H3,(H,25,28)(H,26,27)/b16-12+. The fourth-order valence-electron chi connectivity index (χ4n) is 2.76. The summed E-state index contributed by atoms with van der Waals surface area (Å²) in [6.07, 6.45) is 13.5. The smallest absolute Gasteiger partial charge is 0.218 e. The molecule has 2 aromatic rings. The predicted octanol–water partition coefficient (Wildman–Crippen LogP) is 2.96. The first-order chi connectivity index (χ1) is 14.2. The monoisotopic (exact) mass is 384 g/mol. The van der Waals surface area contributed by atoms with Crippen LogP contribution in [0.15, 0.2) is 65.2 Å². The summed E-state index contributed by atoms with van der Waals surface area (Å²) in [7, 11) is 1.61. The minimum atomic E-state index is 0.234. The van der Waals surface area contributed by atoms with Crippen LogP contribution in [-0.4, -0.2) is 22.9 Å². The van der Waals surface area contributed by atoms with E-state index in [4.69, 9.17) is 16.4 Å². The van der Waals surface area contributed by atoms with E-state index in [-0.39, 0.29) is 5.57 Å². The maximum atomic E-state index is 8.82. The number of terminal acetylenes is 1. The Hall–Kier alpha value is -4.10. The molecule has 3 rings (SSSR count). The van der Waals surface area contributed by atoms with E-state index in [1.54, 1.807) is 13.3 Å². The van der Waals surface area contributed by atoms with Crippen LogP contribution < -0.4 is 15.4 Å². The summed E-state index contributed by atoms with van der Waals surface area (Å²) < 4.78 is 5.26.